The quantitative estimate of drug-likeness (QED) is 0.667. The molecule has 0 radical (unpaired) electrons. The van der Waals surface area contributed by atoms with Crippen LogP contribution in [0.25, 0.3) is 0 Å². The van der Waals surface area contributed by atoms with E-state index in [0.717, 1.165) is 0 Å². The Kier molecular flexibility index (Phi) is 5.69. The second kappa shape index (κ2) is 6.30. The lowest BCUT2D eigenvalue weighted by Crippen LogP contribution is -2.34. The van der Waals surface area contributed by atoms with Crippen LogP contribution >= 0.6 is 0 Å². The van der Waals surface area contributed by atoms with E-state index in [1.165, 1.54) is 7.11 Å². The Morgan fingerprint density at radius 1 is 1.62 bits per heavy atom. The molecule has 0 aliphatic rings. The van der Waals surface area contributed by atoms with Gasteiger partial charge in [0.25, 0.3) is 0 Å². The minimum absolute atomic E-state index is 0.349. The van der Waals surface area contributed by atoms with Crippen molar-refractivity contribution in [2.45, 2.75) is 20.3 Å². The average molecular weight is 184 g/mol. The van der Waals surface area contributed by atoms with Crippen LogP contribution in [-0.4, -0.2) is 31.2 Å². The largest absolute Gasteiger partial charge is 0.453 e. The molecule has 0 aliphatic carbocycles. The molecule has 0 unspecified atom stereocenters. The molecule has 0 atom stereocenters. The van der Waals surface area contributed by atoms with Crippen molar-refractivity contribution in [3.05, 3.63) is 0 Å². The minimum atomic E-state index is -0.357. The van der Waals surface area contributed by atoms with Crippen molar-refractivity contribution in [3.63, 3.8) is 0 Å². The third kappa shape index (κ3) is 5.07. The summed E-state index contributed by atoms with van der Waals surface area (Å²) >= 11 is 0. The van der Waals surface area contributed by atoms with Gasteiger partial charge in [0.1, 0.15) is 0 Å². The molecule has 0 rings (SSSR count). The molecule has 4 heteroatoms. The van der Waals surface area contributed by atoms with E-state index in [9.17, 15) is 4.79 Å². The fourth-order valence-electron chi connectivity index (χ4n) is 1.01. The number of hydrogen-bond acceptors (Lipinski definition) is 3. The molecule has 4 nitrogen and oxygen atoms in total. The molecule has 0 aromatic heterocycles. The predicted molar refractivity (Wildman–Crippen MR) is 49.0 cm³/mol. The van der Waals surface area contributed by atoms with Gasteiger partial charge in [-0.2, -0.15) is 5.26 Å². The fraction of sp³-hybridized carbons (Fsp3) is 0.778. The van der Waals surface area contributed by atoms with E-state index in [1.807, 2.05) is 19.9 Å². The van der Waals surface area contributed by atoms with Crippen LogP contribution < -0.4 is 0 Å². The summed E-state index contributed by atoms with van der Waals surface area (Å²) in [5.74, 6) is 0.387. The number of amides is 1. The monoisotopic (exact) mass is 184 g/mol. The summed E-state index contributed by atoms with van der Waals surface area (Å²) in [5, 5.41) is 8.37. The third-order valence-corrected chi connectivity index (χ3v) is 1.51. The van der Waals surface area contributed by atoms with Gasteiger partial charge in [-0.1, -0.05) is 13.8 Å². The van der Waals surface area contributed by atoms with E-state index in [4.69, 9.17) is 5.26 Å². The van der Waals surface area contributed by atoms with Crippen molar-refractivity contribution in [3.8, 4) is 6.07 Å². The summed E-state index contributed by atoms with van der Waals surface area (Å²) < 4.78 is 4.59. The second-order valence-electron chi connectivity index (χ2n) is 3.22. The topological polar surface area (TPSA) is 53.3 Å². The van der Waals surface area contributed by atoms with Gasteiger partial charge in [-0.15, -0.1) is 0 Å². The highest BCUT2D eigenvalue weighted by molar-refractivity contribution is 5.67. The summed E-state index contributed by atoms with van der Waals surface area (Å²) in [7, 11) is 1.35. The molecule has 0 N–H and O–H groups in total. The first-order valence-corrected chi connectivity index (χ1v) is 4.31. The zero-order valence-corrected chi connectivity index (χ0v) is 8.41. The zero-order chi connectivity index (χ0) is 10.3. The first-order valence-electron chi connectivity index (χ1n) is 4.31. The summed E-state index contributed by atoms with van der Waals surface area (Å²) in [5.41, 5.74) is 0. The van der Waals surface area contributed by atoms with Crippen LogP contribution in [0.5, 0.6) is 0 Å². The number of nitriles is 1. The van der Waals surface area contributed by atoms with Crippen LogP contribution in [0.1, 0.15) is 20.3 Å². The number of ether oxygens (including phenoxy) is 1. The lowest BCUT2D eigenvalue weighted by Gasteiger charge is -2.21. The Labute approximate surface area is 79.1 Å². The lowest BCUT2D eigenvalue weighted by atomic mass is 10.2. The molecule has 0 saturated heterocycles. The molecule has 0 aromatic carbocycles. The van der Waals surface area contributed by atoms with Crippen LogP contribution in [0.3, 0.4) is 0 Å². The highest BCUT2D eigenvalue weighted by Crippen LogP contribution is 2.01. The van der Waals surface area contributed by atoms with Crippen molar-refractivity contribution in [2.75, 3.05) is 20.2 Å². The van der Waals surface area contributed by atoms with Gasteiger partial charge in [-0.05, 0) is 5.92 Å². The van der Waals surface area contributed by atoms with Crippen molar-refractivity contribution in [1.82, 2.24) is 4.90 Å². The number of nitrogens with zero attached hydrogens (tertiary/aromatic N) is 2. The van der Waals surface area contributed by atoms with E-state index in [1.54, 1.807) is 4.90 Å². The van der Waals surface area contributed by atoms with Gasteiger partial charge in [-0.3, -0.25) is 0 Å². The van der Waals surface area contributed by atoms with Crippen molar-refractivity contribution in [1.29, 1.82) is 5.26 Å². The fourth-order valence-corrected chi connectivity index (χ4v) is 1.01. The first-order chi connectivity index (χ1) is 6.11. The van der Waals surface area contributed by atoms with E-state index >= 15 is 0 Å². The van der Waals surface area contributed by atoms with E-state index < -0.39 is 0 Å². The molecule has 0 heterocycles. The Morgan fingerprint density at radius 3 is 2.62 bits per heavy atom. The van der Waals surface area contributed by atoms with E-state index in [0.29, 0.717) is 25.4 Å². The van der Waals surface area contributed by atoms with Crippen LogP contribution in [0, 0.1) is 17.2 Å². The molecule has 0 aromatic rings. The van der Waals surface area contributed by atoms with Crippen LogP contribution in [0.2, 0.25) is 0 Å². The van der Waals surface area contributed by atoms with Crippen molar-refractivity contribution in [2.24, 2.45) is 5.92 Å². The highest BCUT2D eigenvalue weighted by atomic mass is 16.5. The summed E-state index contributed by atoms with van der Waals surface area (Å²) in [6.07, 6.45) is -0.00843. The minimum Gasteiger partial charge on any atom is -0.453 e. The summed E-state index contributed by atoms with van der Waals surface area (Å²) in [4.78, 5) is 12.7. The Hall–Kier alpha value is -1.24. The SMILES string of the molecule is COC(=O)N(CCC#N)CC(C)C. The number of hydrogen-bond donors (Lipinski definition) is 0. The van der Waals surface area contributed by atoms with Gasteiger partial charge < -0.3 is 9.64 Å². The van der Waals surface area contributed by atoms with Crippen LogP contribution in [0.4, 0.5) is 4.79 Å². The van der Waals surface area contributed by atoms with Crippen LogP contribution in [-0.2, 0) is 4.74 Å². The maximum atomic E-state index is 11.1. The molecule has 0 spiro atoms. The predicted octanol–water partition coefficient (Wildman–Crippen LogP) is 1.62. The molecule has 0 fully saturated rings. The van der Waals surface area contributed by atoms with Crippen LogP contribution in [0.15, 0.2) is 0 Å². The maximum absolute atomic E-state index is 11.1. The summed E-state index contributed by atoms with van der Waals surface area (Å²) in [6.45, 7) is 5.11. The smallest absolute Gasteiger partial charge is 0.409 e. The number of rotatable bonds is 4. The van der Waals surface area contributed by atoms with Gasteiger partial charge >= 0.3 is 6.09 Å². The Morgan fingerprint density at radius 2 is 2.23 bits per heavy atom. The lowest BCUT2D eigenvalue weighted by molar-refractivity contribution is 0.119. The molecule has 1 amide bonds. The van der Waals surface area contributed by atoms with Gasteiger partial charge in [0.05, 0.1) is 19.6 Å². The molecule has 74 valence electrons. The Bertz CT molecular complexity index is 196. The van der Waals surface area contributed by atoms with E-state index in [2.05, 4.69) is 4.74 Å². The Balaban J connectivity index is 4.04. The first kappa shape index (κ1) is 11.8. The number of methoxy groups -OCH3 is 1. The number of carbonyl (C=O) groups is 1. The molecular formula is C9H16N2O2. The summed E-state index contributed by atoms with van der Waals surface area (Å²) in [6, 6.07) is 2.00. The average Bonchev–Trinajstić information content (AvgIpc) is 2.10. The third-order valence-electron chi connectivity index (χ3n) is 1.51. The van der Waals surface area contributed by atoms with E-state index in [-0.39, 0.29) is 6.09 Å². The van der Waals surface area contributed by atoms with Crippen molar-refractivity contribution < 1.29 is 9.53 Å². The zero-order valence-electron chi connectivity index (χ0n) is 8.41. The second-order valence-corrected chi connectivity index (χ2v) is 3.22. The molecule has 0 aliphatic heterocycles. The standard InChI is InChI=1S/C9H16N2O2/c1-8(2)7-11(6-4-5-10)9(12)13-3/h8H,4,6-7H2,1-3H3. The van der Waals surface area contributed by atoms with Gasteiger partial charge in [0.2, 0.25) is 0 Å². The van der Waals surface area contributed by atoms with Crippen molar-refractivity contribution >= 4 is 6.09 Å². The van der Waals surface area contributed by atoms with Gasteiger partial charge in [-0.25, -0.2) is 4.79 Å². The van der Waals surface area contributed by atoms with Gasteiger partial charge in [0.15, 0.2) is 0 Å². The molecule has 0 bridgehead atoms. The maximum Gasteiger partial charge on any atom is 0.409 e. The molecule has 13 heavy (non-hydrogen) atoms. The highest BCUT2D eigenvalue weighted by Gasteiger charge is 2.13. The molecule has 0 saturated carbocycles. The van der Waals surface area contributed by atoms with Gasteiger partial charge in [0, 0.05) is 13.1 Å². The number of carbonyl (C=O) groups excluding carboxylic acids is 1. The normalized spacial score (nSPS) is 9.46. The molecular weight excluding hydrogens is 168 g/mol.